The van der Waals surface area contributed by atoms with Crippen molar-refractivity contribution in [3.8, 4) is 11.3 Å². The molecule has 0 aliphatic carbocycles. The molecule has 3 rings (SSSR count). The Balaban J connectivity index is 1.96. The number of aromatic nitrogens is 4. The molecule has 0 atom stereocenters. The van der Waals surface area contributed by atoms with Gasteiger partial charge in [-0.15, -0.1) is 5.10 Å². The Kier molecular flexibility index (Phi) is 4.55. The molecule has 0 unspecified atom stereocenters. The van der Waals surface area contributed by atoms with Crippen LogP contribution in [0.2, 0.25) is 0 Å². The summed E-state index contributed by atoms with van der Waals surface area (Å²) in [6.07, 6.45) is 4.20. The molecule has 0 radical (unpaired) electrons. The van der Waals surface area contributed by atoms with E-state index in [1.807, 2.05) is 41.8 Å². The van der Waals surface area contributed by atoms with Gasteiger partial charge in [0.15, 0.2) is 0 Å². The minimum absolute atomic E-state index is 0.00503. The van der Waals surface area contributed by atoms with E-state index in [1.54, 1.807) is 0 Å². The van der Waals surface area contributed by atoms with Crippen LogP contribution in [0.4, 0.5) is 5.69 Å². The van der Waals surface area contributed by atoms with Crippen LogP contribution in [-0.2, 0) is 17.6 Å². The van der Waals surface area contributed by atoms with Gasteiger partial charge in [0.05, 0.1) is 11.4 Å². The van der Waals surface area contributed by atoms with Crippen LogP contribution in [-0.4, -0.2) is 25.5 Å². The van der Waals surface area contributed by atoms with Crippen LogP contribution in [0.1, 0.15) is 38.6 Å². The first kappa shape index (κ1) is 16.1. The van der Waals surface area contributed by atoms with Gasteiger partial charge in [0.1, 0.15) is 0 Å². The van der Waals surface area contributed by atoms with Crippen molar-refractivity contribution < 1.29 is 4.79 Å². The Morgan fingerprint density at radius 1 is 1.08 bits per heavy atom. The molecular formula is C18H21N5O. The van der Waals surface area contributed by atoms with E-state index in [0.717, 1.165) is 41.2 Å². The summed E-state index contributed by atoms with van der Waals surface area (Å²) in [5.41, 5.74) is 4.77. The molecule has 0 saturated carbocycles. The van der Waals surface area contributed by atoms with E-state index in [1.165, 1.54) is 0 Å². The summed E-state index contributed by atoms with van der Waals surface area (Å²) in [4.78, 5) is 16.0. The van der Waals surface area contributed by atoms with Crippen LogP contribution in [0.3, 0.4) is 0 Å². The topological polar surface area (TPSA) is 72.2 Å². The van der Waals surface area contributed by atoms with E-state index in [0.29, 0.717) is 12.2 Å². The van der Waals surface area contributed by atoms with Crippen molar-refractivity contribution in [3.05, 3.63) is 41.9 Å². The summed E-state index contributed by atoms with van der Waals surface area (Å²) < 4.78 is 2.02. The lowest BCUT2D eigenvalue weighted by Crippen LogP contribution is -2.08. The molecule has 6 nitrogen and oxygen atoms in total. The number of anilines is 1. The SMILES string of the molecule is CCC(=O)Nc1ccc(-c2cn3c(CC)c(CC)nnc3n2)cc1. The van der Waals surface area contributed by atoms with Crippen molar-refractivity contribution in [3.63, 3.8) is 0 Å². The van der Waals surface area contributed by atoms with Crippen LogP contribution in [0.25, 0.3) is 17.0 Å². The van der Waals surface area contributed by atoms with Crippen molar-refractivity contribution in [2.75, 3.05) is 5.32 Å². The number of carbonyl (C=O) groups excluding carboxylic acids is 1. The molecule has 0 spiro atoms. The first-order valence-corrected chi connectivity index (χ1v) is 8.30. The number of hydrogen-bond acceptors (Lipinski definition) is 4. The van der Waals surface area contributed by atoms with Crippen LogP contribution >= 0.6 is 0 Å². The first-order valence-electron chi connectivity index (χ1n) is 8.30. The Bertz CT molecular complexity index is 867. The van der Waals surface area contributed by atoms with E-state index >= 15 is 0 Å². The molecule has 0 bridgehead atoms. The molecule has 1 N–H and O–H groups in total. The minimum Gasteiger partial charge on any atom is -0.326 e. The Hall–Kier alpha value is -2.76. The second kappa shape index (κ2) is 6.78. The third-order valence-electron chi connectivity index (χ3n) is 4.03. The van der Waals surface area contributed by atoms with E-state index < -0.39 is 0 Å². The highest BCUT2D eigenvalue weighted by Crippen LogP contribution is 2.22. The third-order valence-corrected chi connectivity index (χ3v) is 4.03. The molecule has 0 saturated heterocycles. The van der Waals surface area contributed by atoms with Crippen molar-refractivity contribution in [1.29, 1.82) is 0 Å². The molecular weight excluding hydrogens is 302 g/mol. The lowest BCUT2D eigenvalue weighted by molar-refractivity contribution is -0.115. The average molecular weight is 323 g/mol. The number of amides is 1. The standard InChI is InChI=1S/C18H21N5O/c1-4-14-16(5-2)23-11-15(20-18(23)22-21-14)12-7-9-13(10-8-12)19-17(24)6-3/h7-11H,4-6H2,1-3H3,(H,19,24). The summed E-state index contributed by atoms with van der Waals surface area (Å²) in [6.45, 7) is 6.02. The Morgan fingerprint density at radius 2 is 1.83 bits per heavy atom. The number of fused-ring (bicyclic) bond motifs is 1. The highest BCUT2D eigenvalue weighted by atomic mass is 16.1. The van der Waals surface area contributed by atoms with E-state index in [4.69, 9.17) is 0 Å². The molecule has 1 amide bonds. The summed E-state index contributed by atoms with van der Waals surface area (Å²) in [5, 5.41) is 11.3. The fraction of sp³-hybridized carbons (Fsp3) is 0.333. The van der Waals surface area contributed by atoms with Gasteiger partial charge in [0.2, 0.25) is 5.91 Å². The zero-order chi connectivity index (χ0) is 17.1. The molecule has 2 heterocycles. The number of imidazole rings is 1. The fourth-order valence-electron chi connectivity index (χ4n) is 2.70. The maximum atomic E-state index is 11.4. The van der Waals surface area contributed by atoms with Crippen molar-refractivity contribution in [1.82, 2.24) is 19.6 Å². The van der Waals surface area contributed by atoms with Gasteiger partial charge in [0, 0.05) is 29.6 Å². The maximum Gasteiger partial charge on any atom is 0.254 e. The first-order chi connectivity index (χ1) is 11.7. The number of aryl methyl sites for hydroxylation is 2. The van der Waals surface area contributed by atoms with Crippen LogP contribution in [0.5, 0.6) is 0 Å². The Labute approximate surface area is 141 Å². The summed E-state index contributed by atoms with van der Waals surface area (Å²) >= 11 is 0. The molecule has 3 aromatic rings. The zero-order valence-electron chi connectivity index (χ0n) is 14.2. The number of benzene rings is 1. The number of nitrogens with one attached hydrogen (secondary N) is 1. The van der Waals surface area contributed by atoms with Crippen LogP contribution < -0.4 is 5.32 Å². The quantitative estimate of drug-likeness (QED) is 0.782. The highest BCUT2D eigenvalue weighted by Gasteiger charge is 2.12. The molecule has 6 heteroatoms. The zero-order valence-corrected chi connectivity index (χ0v) is 14.2. The van der Waals surface area contributed by atoms with Gasteiger partial charge in [0.25, 0.3) is 5.78 Å². The number of hydrogen-bond donors (Lipinski definition) is 1. The van der Waals surface area contributed by atoms with Gasteiger partial charge in [-0.25, -0.2) is 4.98 Å². The maximum absolute atomic E-state index is 11.4. The van der Waals surface area contributed by atoms with Gasteiger partial charge in [-0.2, -0.15) is 5.10 Å². The van der Waals surface area contributed by atoms with Crippen molar-refractivity contribution in [2.45, 2.75) is 40.0 Å². The lowest BCUT2D eigenvalue weighted by Gasteiger charge is -2.05. The normalized spacial score (nSPS) is 11.0. The van der Waals surface area contributed by atoms with Crippen LogP contribution in [0, 0.1) is 0 Å². The second-order valence-electron chi connectivity index (χ2n) is 5.58. The predicted molar refractivity (Wildman–Crippen MR) is 93.9 cm³/mol. The van der Waals surface area contributed by atoms with Gasteiger partial charge < -0.3 is 5.32 Å². The molecule has 0 aliphatic heterocycles. The molecule has 0 fully saturated rings. The van der Waals surface area contributed by atoms with Gasteiger partial charge in [-0.1, -0.05) is 32.9 Å². The van der Waals surface area contributed by atoms with E-state index in [-0.39, 0.29) is 5.91 Å². The van der Waals surface area contributed by atoms with Gasteiger partial charge in [-0.05, 0) is 25.0 Å². The fourth-order valence-corrected chi connectivity index (χ4v) is 2.70. The number of nitrogens with zero attached hydrogens (tertiary/aromatic N) is 4. The average Bonchev–Trinajstić information content (AvgIpc) is 3.05. The summed E-state index contributed by atoms with van der Waals surface area (Å²) in [6, 6.07) is 7.67. The predicted octanol–water partition coefficient (Wildman–Crippen LogP) is 3.26. The molecule has 2 aromatic heterocycles. The largest absolute Gasteiger partial charge is 0.326 e. The molecule has 0 aliphatic rings. The summed E-state index contributed by atoms with van der Waals surface area (Å²) in [5.74, 6) is 0.618. The molecule has 124 valence electrons. The number of carbonyl (C=O) groups is 1. The smallest absolute Gasteiger partial charge is 0.254 e. The third kappa shape index (κ3) is 2.99. The van der Waals surface area contributed by atoms with Crippen LogP contribution in [0.15, 0.2) is 30.5 Å². The Morgan fingerprint density at radius 3 is 2.46 bits per heavy atom. The van der Waals surface area contributed by atoms with E-state index in [9.17, 15) is 4.79 Å². The van der Waals surface area contributed by atoms with Crippen molar-refractivity contribution >= 4 is 17.4 Å². The molecule has 24 heavy (non-hydrogen) atoms. The minimum atomic E-state index is 0.00503. The molecule has 1 aromatic carbocycles. The van der Waals surface area contributed by atoms with Gasteiger partial charge >= 0.3 is 0 Å². The lowest BCUT2D eigenvalue weighted by atomic mass is 10.1. The van der Waals surface area contributed by atoms with E-state index in [2.05, 4.69) is 34.3 Å². The monoisotopic (exact) mass is 323 g/mol. The number of rotatable bonds is 5. The second-order valence-corrected chi connectivity index (χ2v) is 5.58. The summed E-state index contributed by atoms with van der Waals surface area (Å²) in [7, 11) is 0. The highest BCUT2D eigenvalue weighted by molar-refractivity contribution is 5.90. The van der Waals surface area contributed by atoms with Gasteiger partial charge in [-0.3, -0.25) is 9.20 Å². The van der Waals surface area contributed by atoms with Crippen molar-refractivity contribution in [2.24, 2.45) is 0 Å².